The van der Waals surface area contributed by atoms with E-state index in [2.05, 4.69) is 10.3 Å². The molecule has 7 heteroatoms. The molecular weight excluding hydrogens is 356 g/mol. The number of aromatic hydroxyl groups is 1. The highest BCUT2D eigenvalue weighted by atomic mass is 16.3. The van der Waals surface area contributed by atoms with Crippen LogP contribution in [0.15, 0.2) is 53.5 Å². The Morgan fingerprint density at radius 1 is 1.14 bits per heavy atom. The largest absolute Gasteiger partial charge is 0.494 e. The van der Waals surface area contributed by atoms with Crippen molar-refractivity contribution < 1.29 is 14.7 Å². The van der Waals surface area contributed by atoms with Gasteiger partial charge in [-0.15, -0.1) is 0 Å². The third kappa shape index (κ3) is 2.86. The summed E-state index contributed by atoms with van der Waals surface area (Å²) in [5.41, 5.74) is 2.00. The molecule has 7 nitrogen and oxygen atoms in total. The zero-order chi connectivity index (χ0) is 19.8. The Hall–Kier alpha value is -3.45. The Labute approximate surface area is 161 Å². The number of benzene rings is 2. The first kappa shape index (κ1) is 17.9. The molecule has 0 fully saturated rings. The van der Waals surface area contributed by atoms with E-state index < -0.39 is 6.03 Å². The van der Waals surface area contributed by atoms with Gasteiger partial charge in [0.15, 0.2) is 0 Å². The van der Waals surface area contributed by atoms with Crippen molar-refractivity contribution >= 4 is 34.1 Å². The number of aromatic nitrogens is 1. The maximum Gasteiger partial charge on any atom is 0.328 e. The molecule has 4 rings (SSSR count). The van der Waals surface area contributed by atoms with Gasteiger partial charge in [-0.1, -0.05) is 30.3 Å². The first-order valence-electron chi connectivity index (χ1n) is 8.97. The highest BCUT2D eigenvalue weighted by molar-refractivity contribution is 6.56. The zero-order valence-electron chi connectivity index (χ0n) is 15.6. The van der Waals surface area contributed by atoms with Crippen LogP contribution in [0.5, 0.6) is 5.88 Å². The van der Waals surface area contributed by atoms with Crippen molar-refractivity contribution in [3.05, 3.63) is 59.7 Å². The van der Waals surface area contributed by atoms with Crippen LogP contribution >= 0.6 is 0 Å². The molecule has 3 aromatic rings. The molecule has 0 aliphatic carbocycles. The van der Waals surface area contributed by atoms with E-state index in [0.29, 0.717) is 35.2 Å². The number of ketones is 1. The lowest BCUT2D eigenvalue weighted by atomic mass is 10.0. The van der Waals surface area contributed by atoms with Crippen LogP contribution in [0.25, 0.3) is 10.9 Å². The molecule has 2 heterocycles. The minimum absolute atomic E-state index is 0.148. The van der Waals surface area contributed by atoms with Crippen LogP contribution in [-0.4, -0.2) is 59.3 Å². The molecule has 1 amide bonds. The lowest BCUT2D eigenvalue weighted by Crippen LogP contribution is -2.34. The summed E-state index contributed by atoms with van der Waals surface area (Å²) < 4.78 is 1.19. The molecule has 0 radical (unpaired) electrons. The molecule has 1 aliphatic rings. The molecule has 0 atom stereocenters. The molecule has 2 N–H and O–H groups in total. The molecule has 0 unspecified atom stereocenters. The van der Waals surface area contributed by atoms with Gasteiger partial charge in [0.1, 0.15) is 5.71 Å². The summed E-state index contributed by atoms with van der Waals surface area (Å²) in [5.74, 6) is -0.551. The van der Waals surface area contributed by atoms with Crippen molar-refractivity contribution in [2.75, 3.05) is 27.2 Å². The number of likely N-dealkylation sites (N-methyl/N-ethyl adjacent to an activating group) is 1. The number of hydrogen-bond donors (Lipinski definition) is 2. The molecule has 0 saturated heterocycles. The van der Waals surface area contributed by atoms with E-state index in [1.807, 2.05) is 19.0 Å². The highest BCUT2D eigenvalue weighted by Gasteiger charge is 2.32. The predicted octanol–water partition coefficient (Wildman–Crippen LogP) is 2.78. The number of fused-ring (bicyclic) bond motifs is 2. The van der Waals surface area contributed by atoms with Crippen molar-refractivity contribution in [1.29, 1.82) is 0 Å². The third-order valence-electron chi connectivity index (χ3n) is 4.72. The SMILES string of the molecule is CN(C)CCNC(=O)n1c(O)c(C2=Nc3ccccc3C2=O)c2ccccc21. The molecule has 1 aliphatic heterocycles. The van der Waals surface area contributed by atoms with Crippen LogP contribution in [0.2, 0.25) is 0 Å². The van der Waals surface area contributed by atoms with Gasteiger partial charge in [0.25, 0.3) is 0 Å². The Balaban J connectivity index is 1.80. The first-order valence-corrected chi connectivity index (χ1v) is 8.97. The summed E-state index contributed by atoms with van der Waals surface area (Å²) in [5, 5.41) is 14.3. The molecule has 0 spiro atoms. The number of amides is 1. The van der Waals surface area contributed by atoms with Gasteiger partial charge in [-0.3, -0.25) is 4.79 Å². The lowest BCUT2D eigenvalue weighted by molar-refractivity contribution is 0.107. The number of para-hydroxylation sites is 2. The Morgan fingerprint density at radius 2 is 1.86 bits per heavy atom. The number of Topliss-reactive ketones (excluding diaryl/α,β-unsaturated/α-hetero) is 1. The molecule has 0 saturated carbocycles. The second kappa shape index (κ2) is 6.94. The van der Waals surface area contributed by atoms with Crippen LogP contribution < -0.4 is 5.32 Å². The van der Waals surface area contributed by atoms with Gasteiger partial charge in [0, 0.05) is 24.0 Å². The van der Waals surface area contributed by atoms with Crippen molar-refractivity contribution in [2.45, 2.75) is 0 Å². The standard InChI is InChI=1S/C21H20N4O3/c1-24(2)12-11-22-21(28)25-16-10-6-4-8-14(16)17(20(25)27)18-19(26)13-7-3-5-9-15(13)23-18/h3-10,27H,11-12H2,1-2H3,(H,22,28). The smallest absolute Gasteiger partial charge is 0.328 e. The average Bonchev–Trinajstić information content (AvgIpc) is 3.15. The molecule has 28 heavy (non-hydrogen) atoms. The molecule has 0 bridgehead atoms. The van der Waals surface area contributed by atoms with E-state index in [1.54, 1.807) is 48.5 Å². The normalized spacial score (nSPS) is 13.1. The monoisotopic (exact) mass is 376 g/mol. The van der Waals surface area contributed by atoms with E-state index in [1.165, 1.54) is 4.57 Å². The number of nitrogens with zero attached hydrogens (tertiary/aromatic N) is 3. The average molecular weight is 376 g/mol. The number of hydrogen-bond acceptors (Lipinski definition) is 5. The number of carbonyl (C=O) groups is 2. The van der Waals surface area contributed by atoms with Crippen molar-refractivity contribution in [3.8, 4) is 5.88 Å². The topological polar surface area (TPSA) is 86.9 Å². The number of aliphatic imine (C=N–C) groups is 1. The summed E-state index contributed by atoms with van der Waals surface area (Å²) in [6, 6.07) is 13.7. The highest BCUT2D eigenvalue weighted by Crippen LogP contribution is 2.37. The van der Waals surface area contributed by atoms with Crippen molar-refractivity contribution in [2.24, 2.45) is 4.99 Å². The molecule has 2 aromatic carbocycles. The van der Waals surface area contributed by atoms with Crippen molar-refractivity contribution in [3.63, 3.8) is 0 Å². The minimum atomic E-state index is -0.453. The van der Waals surface area contributed by atoms with Crippen LogP contribution in [0.1, 0.15) is 15.9 Å². The minimum Gasteiger partial charge on any atom is -0.494 e. The molecule has 142 valence electrons. The maximum atomic E-state index is 12.9. The summed E-state index contributed by atoms with van der Waals surface area (Å²) >= 11 is 0. The predicted molar refractivity (Wildman–Crippen MR) is 108 cm³/mol. The second-order valence-electron chi connectivity index (χ2n) is 6.89. The second-order valence-corrected chi connectivity index (χ2v) is 6.89. The van der Waals surface area contributed by atoms with Gasteiger partial charge in [-0.05, 0) is 32.3 Å². The third-order valence-corrected chi connectivity index (χ3v) is 4.72. The number of nitrogens with one attached hydrogen (secondary N) is 1. The van der Waals surface area contributed by atoms with Crippen LogP contribution in [-0.2, 0) is 0 Å². The van der Waals surface area contributed by atoms with E-state index in [0.717, 1.165) is 0 Å². The fourth-order valence-electron chi connectivity index (χ4n) is 3.36. The molecular formula is C21H20N4O3. The Kier molecular flexibility index (Phi) is 4.44. The van der Waals surface area contributed by atoms with E-state index >= 15 is 0 Å². The van der Waals surface area contributed by atoms with Crippen LogP contribution in [0.3, 0.4) is 0 Å². The Morgan fingerprint density at radius 3 is 2.61 bits per heavy atom. The summed E-state index contributed by atoms with van der Waals surface area (Å²) in [6.07, 6.45) is 0. The zero-order valence-corrected chi connectivity index (χ0v) is 15.6. The van der Waals surface area contributed by atoms with Gasteiger partial charge in [0.2, 0.25) is 11.7 Å². The fourth-order valence-corrected chi connectivity index (χ4v) is 3.36. The van der Waals surface area contributed by atoms with Gasteiger partial charge in [0.05, 0.1) is 16.8 Å². The van der Waals surface area contributed by atoms with Crippen LogP contribution in [0, 0.1) is 0 Å². The molecule has 1 aromatic heterocycles. The van der Waals surface area contributed by atoms with E-state index in [9.17, 15) is 14.7 Å². The first-order chi connectivity index (χ1) is 13.5. The van der Waals surface area contributed by atoms with Crippen LogP contribution in [0.4, 0.5) is 10.5 Å². The van der Waals surface area contributed by atoms with Gasteiger partial charge >= 0.3 is 6.03 Å². The number of carbonyl (C=O) groups excluding carboxylic acids is 2. The Bertz CT molecular complexity index is 1130. The van der Waals surface area contributed by atoms with Gasteiger partial charge in [-0.25, -0.2) is 14.4 Å². The number of rotatable bonds is 4. The fraction of sp³-hybridized carbons (Fsp3) is 0.190. The summed E-state index contributed by atoms with van der Waals surface area (Å²) in [6.45, 7) is 1.09. The van der Waals surface area contributed by atoms with Gasteiger partial charge in [-0.2, -0.15) is 0 Å². The lowest BCUT2D eigenvalue weighted by Gasteiger charge is -2.11. The quantitative estimate of drug-likeness (QED) is 0.733. The van der Waals surface area contributed by atoms with E-state index in [4.69, 9.17) is 0 Å². The maximum absolute atomic E-state index is 12.9. The summed E-state index contributed by atoms with van der Waals surface area (Å²) in [4.78, 5) is 32.0. The van der Waals surface area contributed by atoms with Crippen molar-refractivity contribution in [1.82, 2.24) is 14.8 Å². The van der Waals surface area contributed by atoms with Gasteiger partial charge < -0.3 is 15.3 Å². The summed E-state index contributed by atoms with van der Waals surface area (Å²) in [7, 11) is 3.82. The van der Waals surface area contributed by atoms with E-state index in [-0.39, 0.29) is 22.9 Å².